The van der Waals surface area contributed by atoms with Gasteiger partial charge >= 0.3 is 22.2 Å². The Morgan fingerprint density at radius 2 is 1.88 bits per heavy atom. The highest BCUT2D eigenvalue weighted by Crippen LogP contribution is 2.34. The number of rotatable bonds is 3. The van der Waals surface area contributed by atoms with Crippen LogP contribution in [0.25, 0.3) is 11.0 Å². The number of imidazole rings is 1. The zero-order chi connectivity index (χ0) is 17.6. The van der Waals surface area contributed by atoms with Gasteiger partial charge in [-0.2, -0.15) is 26.6 Å². The second-order valence-corrected chi connectivity index (χ2v) is 7.52. The maximum absolute atomic E-state index is 12.8. The molecule has 1 aromatic heterocycles. The molecule has 10 heteroatoms. The van der Waals surface area contributed by atoms with Crippen LogP contribution in [0.2, 0.25) is 0 Å². The molecule has 1 aliphatic rings. The summed E-state index contributed by atoms with van der Waals surface area (Å²) in [5.41, 5.74) is -0.266. The minimum Gasteiger partial charge on any atom is -0.289 e. The van der Waals surface area contributed by atoms with E-state index in [1.54, 1.807) is 0 Å². The highest BCUT2D eigenvalue weighted by atomic mass is 32.2. The van der Waals surface area contributed by atoms with Gasteiger partial charge in [0.1, 0.15) is 13.1 Å². The SMILES string of the molecule is CS(=O)(=O)O[N+]1(c2nc3ccc(C(F)(F)F)cc3[nH]2)CCCCC1. The summed E-state index contributed by atoms with van der Waals surface area (Å²) in [6.45, 7) is 0.776. The monoisotopic (exact) mass is 364 g/mol. The summed E-state index contributed by atoms with van der Waals surface area (Å²) in [5.74, 6) is 0.203. The standard InChI is InChI=1S/C14H17F3N3O3S/c1-24(21,22)23-20(7-3-2-4-8-20)13-18-11-6-5-10(14(15,16)17)9-12(11)19-13/h5-6,9H,2-4,7-8H2,1H3,(H,18,19)/q+1. The summed E-state index contributed by atoms with van der Waals surface area (Å²) in [6.07, 6.45) is -1.10. The third-order valence-corrected chi connectivity index (χ3v) is 4.56. The summed E-state index contributed by atoms with van der Waals surface area (Å²) in [6, 6.07) is 3.18. The number of H-pyrrole nitrogens is 1. The fourth-order valence-corrected chi connectivity index (χ4v) is 3.71. The minimum atomic E-state index is -4.46. The van der Waals surface area contributed by atoms with Crippen molar-refractivity contribution in [3.05, 3.63) is 23.8 Å². The molecule has 2 heterocycles. The first-order valence-corrected chi connectivity index (χ1v) is 9.27. The molecule has 1 saturated heterocycles. The number of fused-ring (bicyclic) bond motifs is 1. The van der Waals surface area contributed by atoms with Crippen LogP contribution in [-0.4, -0.2) is 37.7 Å². The molecule has 1 fully saturated rings. The number of halogens is 3. The molecule has 1 N–H and O–H groups in total. The fourth-order valence-electron chi connectivity index (χ4n) is 2.97. The maximum Gasteiger partial charge on any atom is 0.416 e. The van der Waals surface area contributed by atoms with Crippen LogP contribution in [0.1, 0.15) is 24.8 Å². The highest BCUT2D eigenvalue weighted by molar-refractivity contribution is 7.85. The van der Waals surface area contributed by atoms with Crippen LogP contribution >= 0.6 is 0 Å². The van der Waals surface area contributed by atoms with Crippen LogP contribution in [0, 0.1) is 0 Å². The summed E-state index contributed by atoms with van der Waals surface area (Å²) >= 11 is 0. The minimum absolute atomic E-state index is 0.194. The van der Waals surface area contributed by atoms with E-state index >= 15 is 0 Å². The lowest BCUT2D eigenvalue weighted by molar-refractivity contribution is -0.137. The zero-order valence-corrected chi connectivity index (χ0v) is 13.7. The van der Waals surface area contributed by atoms with Crippen molar-refractivity contribution >= 4 is 27.1 Å². The molecule has 24 heavy (non-hydrogen) atoms. The van der Waals surface area contributed by atoms with E-state index in [1.807, 2.05) is 0 Å². The average molecular weight is 364 g/mol. The van der Waals surface area contributed by atoms with E-state index in [1.165, 1.54) is 6.07 Å². The first-order valence-electron chi connectivity index (χ1n) is 7.45. The number of alkyl halides is 3. The lowest BCUT2D eigenvalue weighted by Crippen LogP contribution is -2.54. The lowest BCUT2D eigenvalue weighted by Gasteiger charge is -2.33. The predicted molar refractivity (Wildman–Crippen MR) is 82.4 cm³/mol. The number of piperidine rings is 1. The van der Waals surface area contributed by atoms with Crippen molar-refractivity contribution in [3.8, 4) is 0 Å². The van der Waals surface area contributed by atoms with Gasteiger partial charge in [0.05, 0.1) is 22.9 Å². The van der Waals surface area contributed by atoms with E-state index in [9.17, 15) is 21.6 Å². The molecule has 132 valence electrons. The van der Waals surface area contributed by atoms with Gasteiger partial charge in [-0.1, -0.05) is 8.93 Å². The second-order valence-electron chi connectivity index (χ2n) is 5.97. The normalized spacial score (nSPS) is 18.8. The van der Waals surface area contributed by atoms with E-state index in [4.69, 9.17) is 4.28 Å². The number of nitrogens with zero attached hydrogens (tertiary/aromatic N) is 2. The van der Waals surface area contributed by atoms with Gasteiger partial charge in [0.25, 0.3) is 0 Å². The molecule has 0 bridgehead atoms. The summed E-state index contributed by atoms with van der Waals surface area (Å²) in [4.78, 5) is 7.09. The quantitative estimate of drug-likeness (QED) is 0.850. The van der Waals surface area contributed by atoms with Gasteiger partial charge in [-0.3, -0.25) is 4.98 Å². The Balaban J connectivity index is 2.08. The lowest BCUT2D eigenvalue weighted by atomic mass is 10.1. The molecule has 0 aliphatic carbocycles. The third-order valence-electron chi connectivity index (χ3n) is 4.00. The first-order chi connectivity index (χ1) is 11.1. The average Bonchev–Trinajstić information content (AvgIpc) is 2.89. The van der Waals surface area contributed by atoms with Crippen molar-refractivity contribution < 1.29 is 25.9 Å². The van der Waals surface area contributed by atoms with E-state index in [0.29, 0.717) is 18.6 Å². The summed E-state index contributed by atoms with van der Waals surface area (Å²) < 4.78 is 66.7. The third kappa shape index (κ3) is 3.40. The molecule has 6 nitrogen and oxygen atoms in total. The van der Waals surface area contributed by atoms with E-state index in [2.05, 4.69) is 9.97 Å². The van der Waals surface area contributed by atoms with Gasteiger partial charge in [-0.05, 0) is 24.6 Å². The molecule has 0 radical (unpaired) electrons. The Morgan fingerprint density at radius 3 is 2.46 bits per heavy atom. The van der Waals surface area contributed by atoms with E-state index in [0.717, 1.165) is 37.7 Å². The second kappa shape index (κ2) is 5.71. The Labute approximate surface area is 136 Å². The Kier molecular flexibility index (Phi) is 4.09. The van der Waals surface area contributed by atoms with Gasteiger partial charge in [-0.25, -0.2) is 0 Å². The van der Waals surface area contributed by atoms with Crippen LogP contribution in [0.4, 0.5) is 19.1 Å². The van der Waals surface area contributed by atoms with Gasteiger partial charge < -0.3 is 0 Å². The number of quaternary nitrogens is 1. The molecule has 2 aromatic rings. The van der Waals surface area contributed by atoms with E-state index in [-0.39, 0.29) is 16.1 Å². The number of benzene rings is 1. The van der Waals surface area contributed by atoms with Crippen molar-refractivity contribution in [2.24, 2.45) is 0 Å². The topological polar surface area (TPSA) is 72.1 Å². The largest absolute Gasteiger partial charge is 0.416 e. The maximum atomic E-state index is 12.8. The summed E-state index contributed by atoms with van der Waals surface area (Å²) in [7, 11) is -3.77. The first kappa shape index (κ1) is 17.2. The van der Waals surface area contributed by atoms with Crippen LogP contribution < -0.4 is 4.65 Å². The predicted octanol–water partition coefficient (Wildman–Crippen LogP) is 2.96. The van der Waals surface area contributed by atoms with Gasteiger partial charge in [0.2, 0.25) is 0 Å². The van der Waals surface area contributed by atoms with Crippen molar-refractivity contribution in [3.63, 3.8) is 0 Å². The molecule has 0 amide bonds. The van der Waals surface area contributed by atoms with Crippen LogP contribution in [0.5, 0.6) is 0 Å². The number of hydrogen-bond donors (Lipinski definition) is 1. The Morgan fingerprint density at radius 1 is 1.21 bits per heavy atom. The number of aromatic nitrogens is 2. The Bertz CT molecular complexity index is 855. The number of hydroxylamine groups is 2. The molecule has 0 saturated carbocycles. The van der Waals surface area contributed by atoms with Gasteiger partial charge in [0, 0.05) is 12.8 Å². The highest BCUT2D eigenvalue weighted by Gasteiger charge is 2.42. The molecule has 3 rings (SSSR count). The molecular formula is C14H17F3N3O3S+. The van der Waals surface area contributed by atoms with Crippen LogP contribution in [-0.2, 0) is 20.6 Å². The van der Waals surface area contributed by atoms with Crippen molar-refractivity contribution in [1.29, 1.82) is 0 Å². The molecule has 0 atom stereocenters. The fraction of sp³-hybridized carbons (Fsp3) is 0.500. The van der Waals surface area contributed by atoms with Gasteiger partial charge in [0.15, 0.2) is 0 Å². The van der Waals surface area contributed by atoms with Crippen molar-refractivity contribution in [2.45, 2.75) is 25.4 Å². The molecular weight excluding hydrogens is 347 g/mol. The van der Waals surface area contributed by atoms with Crippen molar-refractivity contribution in [2.75, 3.05) is 19.3 Å². The molecule has 1 aliphatic heterocycles. The van der Waals surface area contributed by atoms with Crippen LogP contribution in [0.3, 0.4) is 0 Å². The number of nitrogens with one attached hydrogen (secondary N) is 1. The van der Waals surface area contributed by atoms with E-state index < -0.39 is 21.9 Å². The molecule has 1 aromatic carbocycles. The number of aromatic amines is 1. The number of hydrogen-bond acceptors (Lipinski definition) is 4. The zero-order valence-electron chi connectivity index (χ0n) is 12.9. The van der Waals surface area contributed by atoms with Crippen molar-refractivity contribution in [1.82, 2.24) is 14.6 Å². The molecule has 0 unspecified atom stereocenters. The summed E-state index contributed by atoms with van der Waals surface area (Å²) in [5, 5.41) is 0. The molecule has 0 spiro atoms. The Hall–Kier alpha value is -1.65. The van der Waals surface area contributed by atoms with Crippen LogP contribution in [0.15, 0.2) is 18.2 Å². The smallest absolute Gasteiger partial charge is 0.289 e. The van der Waals surface area contributed by atoms with Gasteiger partial charge in [-0.15, -0.1) is 0 Å².